The van der Waals surface area contributed by atoms with E-state index in [2.05, 4.69) is 10.6 Å². The van der Waals surface area contributed by atoms with E-state index in [4.69, 9.17) is 11.5 Å². The Morgan fingerprint density at radius 3 is 2.40 bits per heavy atom. The zero-order valence-corrected chi connectivity index (χ0v) is 8.58. The van der Waals surface area contributed by atoms with E-state index in [-0.39, 0.29) is 0 Å². The van der Waals surface area contributed by atoms with Crippen LogP contribution in [-0.2, 0) is 9.59 Å². The summed E-state index contributed by atoms with van der Waals surface area (Å²) >= 11 is 0. The van der Waals surface area contributed by atoms with Gasteiger partial charge in [-0.15, -0.1) is 0 Å². The number of hydrogen-bond acceptors (Lipinski definition) is 4. The fourth-order valence-corrected chi connectivity index (χ4v) is 0.931. The smallest absolute Gasteiger partial charge is 0.312 e. The normalized spacial score (nSPS) is 11.6. The predicted octanol–water partition coefficient (Wildman–Crippen LogP) is -1.58. The lowest BCUT2D eigenvalue weighted by Gasteiger charge is -2.10. The molecule has 7 heteroatoms. The van der Waals surface area contributed by atoms with Crippen molar-refractivity contribution in [1.82, 2.24) is 10.6 Å². The Kier molecular flexibility index (Phi) is 6.03. The van der Waals surface area contributed by atoms with Gasteiger partial charge in [0.1, 0.15) is 0 Å². The van der Waals surface area contributed by atoms with Crippen LogP contribution in [0.3, 0.4) is 0 Å². The molecule has 0 unspecified atom stereocenters. The SMILES string of the molecule is CC(=O)NC(=O)[C@@H](N)CCCNC(N)=O. The molecular weight excluding hydrogens is 200 g/mol. The van der Waals surface area contributed by atoms with Crippen molar-refractivity contribution >= 4 is 17.8 Å². The molecule has 0 aliphatic heterocycles. The highest BCUT2D eigenvalue weighted by atomic mass is 16.2. The summed E-state index contributed by atoms with van der Waals surface area (Å²) in [6, 6.07) is -1.36. The number of rotatable bonds is 5. The predicted molar refractivity (Wildman–Crippen MR) is 53.6 cm³/mol. The highest BCUT2D eigenvalue weighted by Crippen LogP contribution is 1.93. The molecule has 1 atom stereocenters. The first-order valence-electron chi connectivity index (χ1n) is 4.53. The molecule has 0 aromatic carbocycles. The first kappa shape index (κ1) is 13.4. The van der Waals surface area contributed by atoms with Gasteiger partial charge in [-0.3, -0.25) is 14.9 Å². The zero-order valence-electron chi connectivity index (χ0n) is 8.58. The number of hydrogen-bond donors (Lipinski definition) is 4. The van der Waals surface area contributed by atoms with Gasteiger partial charge in [0.05, 0.1) is 6.04 Å². The number of amides is 4. The van der Waals surface area contributed by atoms with Crippen LogP contribution in [-0.4, -0.2) is 30.4 Å². The molecule has 0 bridgehead atoms. The summed E-state index contributed by atoms with van der Waals surface area (Å²) in [4.78, 5) is 31.9. The third kappa shape index (κ3) is 7.44. The topological polar surface area (TPSA) is 127 Å². The molecule has 0 spiro atoms. The fraction of sp³-hybridized carbons (Fsp3) is 0.625. The monoisotopic (exact) mass is 216 g/mol. The molecule has 6 N–H and O–H groups in total. The van der Waals surface area contributed by atoms with E-state index in [0.29, 0.717) is 19.4 Å². The third-order valence-corrected chi connectivity index (χ3v) is 1.63. The maximum Gasteiger partial charge on any atom is 0.312 e. The average Bonchev–Trinajstić information content (AvgIpc) is 2.10. The highest BCUT2D eigenvalue weighted by molar-refractivity contribution is 5.96. The van der Waals surface area contributed by atoms with E-state index >= 15 is 0 Å². The number of carbonyl (C=O) groups is 3. The first-order chi connectivity index (χ1) is 6.93. The summed E-state index contributed by atoms with van der Waals surface area (Å²) in [5, 5.41) is 4.44. The number of imide groups is 1. The molecule has 0 heterocycles. The van der Waals surface area contributed by atoms with Crippen molar-refractivity contribution in [2.24, 2.45) is 11.5 Å². The van der Waals surface area contributed by atoms with Crippen LogP contribution in [0.4, 0.5) is 4.79 Å². The van der Waals surface area contributed by atoms with Gasteiger partial charge in [0.15, 0.2) is 0 Å². The van der Waals surface area contributed by atoms with Crippen LogP contribution in [0.5, 0.6) is 0 Å². The summed E-state index contributed by atoms with van der Waals surface area (Å²) in [6.07, 6.45) is 0.898. The van der Waals surface area contributed by atoms with Gasteiger partial charge in [-0.2, -0.15) is 0 Å². The Labute approximate surface area is 87.6 Å². The van der Waals surface area contributed by atoms with Gasteiger partial charge < -0.3 is 16.8 Å². The van der Waals surface area contributed by atoms with E-state index in [9.17, 15) is 14.4 Å². The van der Waals surface area contributed by atoms with Crippen LogP contribution in [0.15, 0.2) is 0 Å². The number of urea groups is 1. The molecule has 86 valence electrons. The summed E-state index contributed by atoms with van der Waals surface area (Å²) < 4.78 is 0. The largest absolute Gasteiger partial charge is 0.352 e. The molecule has 15 heavy (non-hydrogen) atoms. The van der Waals surface area contributed by atoms with Crippen molar-refractivity contribution in [3.8, 4) is 0 Å². The number of nitrogens with one attached hydrogen (secondary N) is 2. The van der Waals surface area contributed by atoms with Crippen LogP contribution in [0.2, 0.25) is 0 Å². The van der Waals surface area contributed by atoms with Gasteiger partial charge >= 0.3 is 6.03 Å². The van der Waals surface area contributed by atoms with Crippen LogP contribution in [0.1, 0.15) is 19.8 Å². The van der Waals surface area contributed by atoms with E-state index in [1.165, 1.54) is 6.92 Å². The molecule has 0 aliphatic rings. The molecule has 0 aromatic rings. The molecule has 0 aliphatic carbocycles. The Hall–Kier alpha value is -1.63. The molecule has 4 amide bonds. The van der Waals surface area contributed by atoms with Crippen molar-refractivity contribution in [1.29, 1.82) is 0 Å². The van der Waals surface area contributed by atoms with E-state index in [0.717, 1.165) is 0 Å². The quantitative estimate of drug-likeness (QED) is 0.414. The van der Waals surface area contributed by atoms with Gasteiger partial charge in [-0.25, -0.2) is 4.79 Å². The first-order valence-corrected chi connectivity index (χ1v) is 4.53. The Morgan fingerprint density at radius 2 is 1.93 bits per heavy atom. The van der Waals surface area contributed by atoms with Crippen LogP contribution in [0.25, 0.3) is 0 Å². The van der Waals surface area contributed by atoms with Gasteiger partial charge in [0, 0.05) is 13.5 Å². The second-order valence-electron chi connectivity index (χ2n) is 3.09. The minimum atomic E-state index is -0.747. The van der Waals surface area contributed by atoms with Crippen molar-refractivity contribution in [3.05, 3.63) is 0 Å². The molecule has 0 radical (unpaired) electrons. The summed E-state index contributed by atoms with van der Waals surface area (Å²) in [7, 11) is 0. The maximum absolute atomic E-state index is 11.1. The molecular formula is C8H16N4O3. The van der Waals surface area contributed by atoms with Crippen LogP contribution >= 0.6 is 0 Å². The average molecular weight is 216 g/mol. The van der Waals surface area contributed by atoms with E-state index < -0.39 is 23.9 Å². The molecule has 0 rings (SSSR count). The van der Waals surface area contributed by atoms with Gasteiger partial charge in [0.25, 0.3) is 0 Å². The summed E-state index contributed by atoms with van der Waals surface area (Å²) in [5.74, 6) is -0.952. The van der Waals surface area contributed by atoms with Crippen LogP contribution in [0, 0.1) is 0 Å². The lowest BCUT2D eigenvalue weighted by Crippen LogP contribution is -2.43. The minimum absolute atomic E-state index is 0.358. The standard InChI is InChI=1S/C8H16N4O3/c1-5(13)12-7(14)6(9)3-2-4-11-8(10)15/h6H,2-4,9H2,1H3,(H3,10,11,15)(H,12,13,14)/t6-/m0/s1. The van der Waals surface area contributed by atoms with Gasteiger partial charge in [0.2, 0.25) is 11.8 Å². The highest BCUT2D eigenvalue weighted by Gasteiger charge is 2.13. The zero-order chi connectivity index (χ0) is 11.8. The lowest BCUT2D eigenvalue weighted by molar-refractivity contribution is -0.130. The molecule has 0 saturated carbocycles. The molecule has 7 nitrogen and oxygen atoms in total. The van der Waals surface area contributed by atoms with Crippen molar-refractivity contribution < 1.29 is 14.4 Å². The molecule has 0 aromatic heterocycles. The lowest BCUT2D eigenvalue weighted by atomic mass is 10.1. The van der Waals surface area contributed by atoms with Crippen molar-refractivity contribution in [3.63, 3.8) is 0 Å². The fourth-order valence-electron chi connectivity index (χ4n) is 0.931. The Bertz CT molecular complexity index is 254. The maximum atomic E-state index is 11.1. The van der Waals surface area contributed by atoms with E-state index in [1.807, 2.05) is 0 Å². The minimum Gasteiger partial charge on any atom is -0.352 e. The second kappa shape index (κ2) is 6.77. The van der Waals surface area contributed by atoms with Crippen molar-refractivity contribution in [2.45, 2.75) is 25.8 Å². The van der Waals surface area contributed by atoms with Gasteiger partial charge in [-0.1, -0.05) is 0 Å². The van der Waals surface area contributed by atoms with Gasteiger partial charge in [-0.05, 0) is 12.8 Å². The number of carbonyl (C=O) groups excluding carboxylic acids is 3. The summed E-state index contributed by atoms with van der Waals surface area (Å²) in [6.45, 7) is 1.59. The molecule has 0 saturated heterocycles. The van der Waals surface area contributed by atoms with Crippen LogP contribution < -0.4 is 22.1 Å². The number of nitrogens with two attached hydrogens (primary N) is 2. The number of primary amides is 1. The second-order valence-corrected chi connectivity index (χ2v) is 3.09. The Morgan fingerprint density at radius 1 is 1.33 bits per heavy atom. The third-order valence-electron chi connectivity index (χ3n) is 1.63. The van der Waals surface area contributed by atoms with E-state index in [1.54, 1.807) is 0 Å². The summed E-state index contributed by atoms with van der Waals surface area (Å²) in [5.41, 5.74) is 10.3. The molecule has 0 fully saturated rings. The Balaban J connectivity index is 3.64. The van der Waals surface area contributed by atoms with Crippen molar-refractivity contribution in [2.75, 3.05) is 6.54 Å².